The van der Waals surface area contributed by atoms with Crippen LogP contribution >= 0.6 is 0 Å². The van der Waals surface area contributed by atoms with Gasteiger partial charge >= 0.3 is 0 Å². The second-order valence-corrected chi connectivity index (χ2v) is 15.7. The summed E-state index contributed by atoms with van der Waals surface area (Å²) in [6.45, 7) is 21.5. The van der Waals surface area contributed by atoms with E-state index in [2.05, 4.69) is 163 Å². The van der Waals surface area contributed by atoms with Crippen LogP contribution in [0.4, 0.5) is 0 Å². The Morgan fingerprint density at radius 1 is 0.438 bits per heavy atom. The SMILES string of the molecule is Cc1ccc2c(c1)c1cc(C)ccc1n2-c1c(C#N)c(C(C)(C)C)c(C#N)c(-n2c3ccc(C)cc3c3cc(C)ccc32)c1C(C)(C)C. The van der Waals surface area contributed by atoms with E-state index in [1.54, 1.807) is 0 Å². The van der Waals surface area contributed by atoms with Gasteiger partial charge in [0.15, 0.2) is 0 Å². The highest BCUT2D eigenvalue weighted by molar-refractivity contribution is 6.12. The summed E-state index contributed by atoms with van der Waals surface area (Å²) in [6, 6.07) is 31.7. The van der Waals surface area contributed by atoms with Gasteiger partial charge in [0.25, 0.3) is 0 Å². The molecule has 2 heterocycles. The van der Waals surface area contributed by atoms with E-state index in [-0.39, 0.29) is 0 Å². The monoisotopic (exact) mass is 626 g/mol. The van der Waals surface area contributed by atoms with Crippen LogP contribution < -0.4 is 0 Å². The van der Waals surface area contributed by atoms with Gasteiger partial charge in [0, 0.05) is 27.1 Å². The van der Waals surface area contributed by atoms with Gasteiger partial charge < -0.3 is 9.13 Å². The fourth-order valence-corrected chi connectivity index (χ4v) is 7.83. The van der Waals surface area contributed by atoms with Gasteiger partial charge in [0.1, 0.15) is 12.1 Å². The minimum atomic E-state index is -0.506. The van der Waals surface area contributed by atoms with Crippen LogP contribution in [0.3, 0.4) is 0 Å². The molecule has 0 unspecified atom stereocenters. The van der Waals surface area contributed by atoms with E-state index < -0.39 is 10.8 Å². The molecule has 0 aliphatic heterocycles. The number of benzene rings is 5. The smallest absolute Gasteiger partial charge is 0.102 e. The maximum Gasteiger partial charge on any atom is 0.102 e. The fourth-order valence-electron chi connectivity index (χ4n) is 7.83. The summed E-state index contributed by atoms with van der Waals surface area (Å²) in [5, 5.41) is 27.1. The first-order chi connectivity index (χ1) is 22.6. The average molecular weight is 627 g/mol. The lowest BCUT2D eigenvalue weighted by Crippen LogP contribution is -2.26. The van der Waals surface area contributed by atoms with E-state index in [0.717, 1.165) is 66.1 Å². The number of fused-ring (bicyclic) bond motifs is 6. The zero-order valence-electron chi connectivity index (χ0n) is 29.7. The Hall–Kier alpha value is -5.32. The molecule has 0 fully saturated rings. The molecule has 0 bridgehead atoms. The van der Waals surface area contributed by atoms with Gasteiger partial charge in [0.2, 0.25) is 0 Å². The first-order valence-electron chi connectivity index (χ1n) is 16.7. The summed E-state index contributed by atoms with van der Waals surface area (Å²) in [5.41, 5.74) is 12.5. The molecule has 0 atom stereocenters. The normalized spacial score (nSPS) is 12.3. The summed E-state index contributed by atoms with van der Waals surface area (Å²) >= 11 is 0. The Bertz CT molecular complexity index is 2290. The van der Waals surface area contributed by atoms with Gasteiger partial charge in [-0.15, -0.1) is 0 Å². The summed E-state index contributed by atoms with van der Waals surface area (Å²) in [7, 11) is 0. The molecule has 0 N–H and O–H groups in total. The van der Waals surface area contributed by atoms with Gasteiger partial charge in [-0.3, -0.25) is 0 Å². The van der Waals surface area contributed by atoms with Crippen LogP contribution in [0.5, 0.6) is 0 Å². The van der Waals surface area contributed by atoms with E-state index in [1.165, 1.54) is 22.3 Å². The third-order valence-corrected chi connectivity index (χ3v) is 9.77. The summed E-state index contributed by atoms with van der Waals surface area (Å²) < 4.78 is 4.62. The minimum Gasteiger partial charge on any atom is -0.308 e. The van der Waals surface area contributed by atoms with E-state index in [1.807, 2.05) is 0 Å². The third kappa shape index (κ3) is 4.55. The molecule has 2 aromatic heterocycles. The maximum atomic E-state index is 11.3. The van der Waals surface area contributed by atoms with Gasteiger partial charge in [-0.2, -0.15) is 10.5 Å². The number of nitrogens with zero attached hydrogens (tertiary/aromatic N) is 4. The Labute approximate surface area is 283 Å². The van der Waals surface area contributed by atoms with Crippen LogP contribution in [0.15, 0.2) is 72.8 Å². The number of aromatic nitrogens is 2. The molecule has 238 valence electrons. The van der Waals surface area contributed by atoms with Gasteiger partial charge in [-0.05, 0) is 92.6 Å². The van der Waals surface area contributed by atoms with Gasteiger partial charge in [-0.1, -0.05) is 88.1 Å². The maximum absolute atomic E-state index is 11.3. The first kappa shape index (κ1) is 31.3. The Morgan fingerprint density at radius 2 is 0.708 bits per heavy atom. The number of rotatable bonds is 2. The molecular weight excluding hydrogens is 585 g/mol. The molecule has 4 heteroatoms. The summed E-state index contributed by atoms with van der Waals surface area (Å²) in [6.07, 6.45) is 0. The van der Waals surface area contributed by atoms with Crippen LogP contribution in [0.1, 0.15) is 86.1 Å². The van der Waals surface area contributed by atoms with Gasteiger partial charge in [-0.25, -0.2) is 0 Å². The van der Waals surface area contributed by atoms with E-state index in [0.29, 0.717) is 11.1 Å². The van der Waals surface area contributed by atoms with E-state index in [9.17, 15) is 10.5 Å². The van der Waals surface area contributed by atoms with Crippen LogP contribution in [-0.2, 0) is 10.8 Å². The van der Waals surface area contributed by atoms with Crippen molar-refractivity contribution in [3.63, 3.8) is 0 Å². The van der Waals surface area contributed by atoms with Crippen LogP contribution in [0.2, 0.25) is 0 Å². The van der Waals surface area contributed by atoms with Crippen molar-refractivity contribution >= 4 is 43.6 Å². The van der Waals surface area contributed by atoms with Crippen molar-refractivity contribution in [1.29, 1.82) is 10.5 Å². The summed E-state index contributed by atoms with van der Waals surface area (Å²) in [5.74, 6) is 0. The predicted molar refractivity (Wildman–Crippen MR) is 201 cm³/mol. The van der Waals surface area contributed by atoms with Crippen molar-refractivity contribution < 1.29 is 0 Å². The lowest BCUT2D eigenvalue weighted by atomic mass is 9.74. The molecule has 0 aliphatic carbocycles. The van der Waals surface area contributed by atoms with E-state index in [4.69, 9.17) is 0 Å². The van der Waals surface area contributed by atoms with Gasteiger partial charge in [0.05, 0.1) is 44.6 Å². The molecule has 0 saturated heterocycles. The van der Waals surface area contributed by atoms with Crippen LogP contribution in [0, 0.1) is 50.4 Å². The average Bonchev–Trinajstić information content (AvgIpc) is 3.49. The van der Waals surface area contributed by atoms with Crippen LogP contribution in [0.25, 0.3) is 55.0 Å². The number of hydrogen-bond donors (Lipinski definition) is 0. The highest BCUT2D eigenvalue weighted by Crippen LogP contribution is 2.48. The van der Waals surface area contributed by atoms with Crippen molar-refractivity contribution in [1.82, 2.24) is 9.13 Å². The summed E-state index contributed by atoms with van der Waals surface area (Å²) in [4.78, 5) is 0. The molecular formula is C44H42N4. The molecule has 5 aromatic carbocycles. The van der Waals surface area contributed by atoms with Crippen molar-refractivity contribution in [3.8, 4) is 23.5 Å². The Balaban J connectivity index is 1.84. The second-order valence-electron chi connectivity index (χ2n) is 15.7. The predicted octanol–water partition coefficient (Wildman–Crippen LogP) is 11.5. The largest absolute Gasteiger partial charge is 0.308 e. The molecule has 7 rings (SSSR count). The highest BCUT2D eigenvalue weighted by Gasteiger charge is 2.37. The lowest BCUT2D eigenvalue weighted by molar-refractivity contribution is 0.569. The third-order valence-electron chi connectivity index (χ3n) is 9.77. The Kier molecular flexibility index (Phi) is 6.91. The first-order valence-corrected chi connectivity index (χ1v) is 16.7. The zero-order chi connectivity index (χ0) is 34.4. The standard InChI is InChI=1S/C44H42N4/c1-25-11-15-35-29(19-25)30-20-26(2)12-16-36(30)47(35)41-33(23-45)39(43(5,6)7)34(24-46)42(40(41)44(8,9)10)48-37-17-13-27(3)21-31(37)32-22-28(4)14-18-38(32)48/h11-22H,1-10H3. The quantitative estimate of drug-likeness (QED) is 0.192. The number of aryl methyl sites for hydroxylation is 4. The Morgan fingerprint density at radius 3 is 0.938 bits per heavy atom. The molecule has 0 spiro atoms. The molecule has 0 aliphatic rings. The van der Waals surface area contributed by atoms with Crippen LogP contribution in [-0.4, -0.2) is 9.13 Å². The zero-order valence-corrected chi connectivity index (χ0v) is 29.7. The second kappa shape index (κ2) is 10.6. The van der Waals surface area contributed by atoms with Crippen molar-refractivity contribution in [2.75, 3.05) is 0 Å². The molecule has 7 aromatic rings. The molecule has 0 radical (unpaired) electrons. The van der Waals surface area contributed by atoms with Crippen molar-refractivity contribution in [2.45, 2.75) is 80.1 Å². The highest BCUT2D eigenvalue weighted by atomic mass is 15.0. The van der Waals surface area contributed by atoms with Crippen molar-refractivity contribution in [2.24, 2.45) is 0 Å². The lowest BCUT2D eigenvalue weighted by Gasteiger charge is -2.34. The molecule has 0 saturated carbocycles. The molecule has 4 nitrogen and oxygen atoms in total. The van der Waals surface area contributed by atoms with Crippen molar-refractivity contribution in [3.05, 3.63) is 117 Å². The minimum absolute atomic E-state index is 0.463. The fraction of sp³-hybridized carbons (Fsp3) is 0.273. The van der Waals surface area contributed by atoms with E-state index >= 15 is 0 Å². The molecule has 0 amide bonds. The number of nitriles is 2. The molecule has 48 heavy (non-hydrogen) atoms. The topological polar surface area (TPSA) is 57.4 Å². The number of hydrogen-bond acceptors (Lipinski definition) is 2.